The molecule has 0 aliphatic carbocycles. The van der Waals surface area contributed by atoms with Gasteiger partial charge in [-0.1, -0.05) is 223 Å². The predicted molar refractivity (Wildman–Crippen MR) is 265 cm³/mol. The monoisotopic (exact) mass is 869 g/mol. The van der Waals surface area contributed by atoms with E-state index in [-0.39, 0.29) is 31.1 Å². The number of rotatable bonds is 48. The van der Waals surface area contributed by atoms with Gasteiger partial charge in [0.1, 0.15) is 13.2 Å². The van der Waals surface area contributed by atoms with Gasteiger partial charge in [0.25, 0.3) is 0 Å². The first-order valence-corrected chi connectivity index (χ1v) is 26.6. The average molecular weight is 869 g/mol. The van der Waals surface area contributed by atoms with Crippen LogP contribution in [0.15, 0.2) is 48.6 Å². The molecule has 0 amide bonds. The second-order valence-corrected chi connectivity index (χ2v) is 17.8. The van der Waals surface area contributed by atoms with E-state index in [1.165, 1.54) is 135 Å². The van der Waals surface area contributed by atoms with Crippen molar-refractivity contribution in [3.8, 4) is 0 Å². The third-order valence-electron chi connectivity index (χ3n) is 11.5. The zero-order valence-electron chi connectivity index (χ0n) is 41.1. The number of ether oxygens (including phenoxy) is 3. The molecule has 0 spiro atoms. The van der Waals surface area contributed by atoms with Gasteiger partial charge >= 0.3 is 17.9 Å². The zero-order valence-corrected chi connectivity index (χ0v) is 41.1. The van der Waals surface area contributed by atoms with Gasteiger partial charge in [0.2, 0.25) is 0 Å². The number of esters is 3. The highest BCUT2D eigenvalue weighted by atomic mass is 16.6. The zero-order chi connectivity index (χ0) is 45.1. The fraction of sp³-hybridized carbons (Fsp3) is 0.804. The SMILES string of the molecule is CCC/C=C\C/C=C\CCCCCCCC(=O)OC(COC(=O)CCCCCCCC)COC(=O)CCCCCCCCCCCCCCC/C=C\C/C=C\CCCCCCC. The van der Waals surface area contributed by atoms with Crippen molar-refractivity contribution in [2.24, 2.45) is 0 Å². The second kappa shape index (κ2) is 51.0. The van der Waals surface area contributed by atoms with Crippen molar-refractivity contribution in [2.75, 3.05) is 13.2 Å². The Kier molecular flexibility index (Phi) is 48.8. The van der Waals surface area contributed by atoms with E-state index in [9.17, 15) is 14.4 Å². The van der Waals surface area contributed by atoms with E-state index >= 15 is 0 Å². The van der Waals surface area contributed by atoms with Crippen molar-refractivity contribution in [1.29, 1.82) is 0 Å². The maximum Gasteiger partial charge on any atom is 0.306 e. The topological polar surface area (TPSA) is 78.9 Å². The Labute approximate surface area is 384 Å². The third kappa shape index (κ3) is 48.4. The summed E-state index contributed by atoms with van der Waals surface area (Å²) in [4.78, 5) is 37.7. The molecule has 0 aromatic rings. The summed E-state index contributed by atoms with van der Waals surface area (Å²) in [6, 6.07) is 0. The fourth-order valence-corrected chi connectivity index (χ4v) is 7.51. The average Bonchev–Trinajstić information content (AvgIpc) is 3.27. The van der Waals surface area contributed by atoms with Crippen molar-refractivity contribution >= 4 is 17.9 Å². The van der Waals surface area contributed by atoms with Crippen LogP contribution in [0, 0.1) is 0 Å². The van der Waals surface area contributed by atoms with Crippen LogP contribution in [0.25, 0.3) is 0 Å². The Balaban J connectivity index is 4.09. The largest absolute Gasteiger partial charge is 0.462 e. The van der Waals surface area contributed by atoms with Crippen molar-refractivity contribution in [3.05, 3.63) is 48.6 Å². The number of unbranched alkanes of at least 4 members (excludes halogenated alkanes) is 29. The summed E-state index contributed by atoms with van der Waals surface area (Å²) in [6.45, 7) is 6.50. The molecule has 62 heavy (non-hydrogen) atoms. The van der Waals surface area contributed by atoms with E-state index < -0.39 is 6.10 Å². The molecule has 0 saturated heterocycles. The number of carbonyl (C=O) groups is 3. The van der Waals surface area contributed by atoms with Crippen LogP contribution in [0.1, 0.15) is 271 Å². The van der Waals surface area contributed by atoms with Crippen molar-refractivity contribution in [2.45, 2.75) is 277 Å². The number of carbonyl (C=O) groups excluding carboxylic acids is 3. The quantitative estimate of drug-likeness (QED) is 0.0262. The van der Waals surface area contributed by atoms with Crippen molar-refractivity contribution in [1.82, 2.24) is 0 Å². The Morgan fingerprint density at radius 3 is 0.952 bits per heavy atom. The van der Waals surface area contributed by atoms with E-state index in [1.807, 2.05) is 0 Å². The van der Waals surface area contributed by atoms with Crippen molar-refractivity contribution in [3.63, 3.8) is 0 Å². The highest BCUT2D eigenvalue weighted by molar-refractivity contribution is 5.71. The van der Waals surface area contributed by atoms with Gasteiger partial charge in [-0.15, -0.1) is 0 Å². The smallest absolute Gasteiger partial charge is 0.306 e. The van der Waals surface area contributed by atoms with E-state index in [0.29, 0.717) is 19.3 Å². The summed E-state index contributed by atoms with van der Waals surface area (Å²) in [5, 5.41) is 0. The van der Waals surface area contributed by atoms with Gasteiger partial charge in [0, 0.05) is 19.3 Å². The Hall–Kier alpha value is -2.63. The molecule has 0 aromatic carbocycles. The van der Waals surface area contributed by atoms with Crippen molar-refractivity contribution < 1.29 is 28.6 Å². The Morgan fingerprint density at radius 2 is 0.613 bits per heavy atom. The maximum absolute atomic E-state index is 12.7. The van der Waals surface area contributed by atoms with Crippen LogP contribution in [0.3, 0.4) is 0 Å². The molecule has 0 aliphatic heterocycles. The lowest BCUT2D eigenvalue weighted by atomic mass is 10.0. The molecular formula is C56H100O6. The normalized spacial score (nSPS) is 12.4. The highest BCUT2D eigenvalue weighted by Crippen LogP contribution is 2.15. The van der Waals surface area contributed by atoms with Gasteiger partial charge in [-0.2, -0.15) is 0 Å². The molecule has 0 bridgehead atoms. The van der Waals surface area contributed by atoms with Crippen LogP contribution in [0.5, 0.6) is 0 Å². The van der Waals surface area contributed by atoms with Crippen LogP contribution in [0.2, 0.25) is 0 Å². The first-order chi connectivity index (χ1) is 30.5. The number of allylic oxidation sites excluding steroid dienone is 8. The summed E-state index contributed by atoms with van der Waals surface area (Å²) < 4.78 is 16.7. The summed E-state index contributed by atoms with van der Waals surface area (Å²) in [6.07, 6.45) is 61.3. The Morgan fingerprint density at radius 1 is 0.323 bits per heavy atom. The minimum absolute atomic E-state index is 0.0778. The minimum atomic E-state index is -0.775. The minimum Gasteiger partial charge on any atom is -0.462 e. The van der Waals surface area contributed by atoms with Crippen LogP contribution in [-0.4, -0.2) is 37.2 Å². The molecule has 6 heteroatoms. The fourth-order valence-electron chi connectivity index (χ4n) is 7.51. The number of hydrogen-bond acceptors (Lipinski definition) is 6. The second-order valence-electron chi connectivity index (χ2n) is 17.8. The van der Waals surface area contributed by atoms with Crippen LogP contribution in [-0.2, 0) is 28.6 Å². The molecule has 0 radical (unpaired) electrons. The molecule has 0 fully saturated rings. The lowest BCUT2D eigenvalue weighted by molar-refractivity contribution is -0.167. The molecule has 0 heterocycles. The summed E-state index contributed by atoms with van der Waals surface area (Å²) >= 11 is 0. The van der Waals surface area contributed by atoms with Gasteiger partial charge in [-0.25, -0.2) is 0 Å². The summed E-state index contributed by atoms with van der Waals surface area (Å²) in [7, 11) is 0. The van der Waals surface area contributed by atoms with E-state index in [1.54, 1.807) is 0 Å². The van der Waals surface area contributed by atoms with Gasteiger partial charge in [0.15, 0.2) is 6.10 Å². The third-order valence-corrected chi connectivity index (χ3v) is 11.5. The van der Waals surface area contributed by atoms with Crippen LogP contribution in [0.4, 0.5) is 0 Å². The van der Waals surface area contributed by atoms with Gasteiger partial charge < -0.3 is 14.2 Å². The highest BCUT2D eigenvalue weighted by Gasteiger charge is 2.19. The van der Waals surface area contributed by atoms with Gasteiger partial charge in [0.05, 0.1) is 0 Å². The molecule has 1 unspecified atom stereocenters. The molecule has 0 aromatic heterocycles. The predicted octanol–water partition coefficient (Wildman–Crippen LogP) is 17.5. The molecule has 1 atom stereocenters. The van der Waals surface area contributed by atoms with Crippen LogP contribution < -0.4 is 0 Å². The molecule has 0 aliphatic rings. The molecule has 0 saturated carbocycles. The summed E-state index contributed by atoms with van der Waals surface area (Å²) in [5.74, 6) is -0.897. The molecule has 0 rings (SSSR count). The lowest BCUT2D eigenvalue weighted by Crippen LogP contribution is -2.30. The molecular weight excluding hydrogens is 769 g/mol. The van der Waals surface area contributed by atoms with Gasteiger partial charge in [-0.05, 0) is 77.0 Å². The van der Waals surface area contributed by atoms with E-state index in [0.717, 1.165) is 96.3 Å². The summed E-state index contributed by atoms with van der Waals surface area (Å²) in [5.41, 5.74) is 0. The first-order valence-electron chi connectivity index (χ1n) is 26.6. The maximum atomic E-state index is 12.7. The first kappa shape index (κ1) is 59.4. The van der Waals surface area contributed by atoms with E-state index in [4.69, 9.17) is 14.2 Å². The van der Waals surface area contributed by atoms with Crippen LogP contribution >= 0.6 is 0 Å². The molecule has 6 nitrogen and oxygen atoms in total. The lowest BCUT2D eigenvalue weighted by Gasteiger charge is -2.18. The van der Waals surface area contributed by atoms with Gasteiger partial charge in [-0.3, -0.25) is 14.4 Å². The van der Waals surface area contributed by atoms with E-state index in [2.05, 4.69) is 69.4 Å². The molecule has 360 valence electrons. The molecule has 0 N–H and O–H groups in total. The Bertz CT molecular complexity index is 1090. The standard InChI is InChI=1S/C56H100O6/c1-4-7-10-13-16-18-20-22-23-24-25-26-27-28-29-30-31-32-33-35-36-38-40-43-46-49-55(58)61-52-53(51-60-54(57)48-45-42-15-12-9-6-3)62-56(59)50-47-44-41-39-37-34-21-19-17-14-11-8-5-2/h11,14,19-22,24-25,53H,4-10,12-13,15-18,23,26-52H2,1-3H3/b14-11-,21-19-,22-20-,25-24-. The number of hydrogen-bond donors (Lipinski definition) is 0.